The van der Waals surface area contributed by atoms with E-state index >= 15 is 0 Å². The van der Waals surface area contributed by atoms with Crippen LogP contribution in [0.5, 0.6) is 5.75 Å². The van der Waals surface area contributed by atoms with Crippen LogP contribution in [0.1, 0.15) is 29.2 Å². The van der Waals surface area contributed by atoms with Gasteiger partial charge in [0.2, 0.25) is 0 Å². The van der Waals surface area contributed by atoms with Crippen molar-refractivity contribution in [1.29, 1.82) is 0 Å². The van der Waals surface area contributed by atoms with Crippen LogP contribution < -0.4 is 10.1 Å². The normalized spacial score (nSPS) is 23.4. The van der Waals surface area contributed by atoms with Gasteiger partial charge in [0.1, 0.15) is 5.75 Å². The van der Waals surface area contributed by atoms with E-state index < -0.39 is 5.72 Å². The Bertz CT molecular complexity index is 1240. The maximum atomic E-state index is 13.4. The van der Waals surface area contributed by atoms with Crippen molar-refractivity contribution in [1.82, 2.24) is 5.01 Å². The molecule has 3 aromatic carbocycles. The fraction of sp³-hybridized carbons (Fsp3) is 0.130. The number of carbonyl (C=O) groups is 1. The number of rotatable bonds is 1. The summed E-state index contributed by atoms with van der Waals surface area (Å²) in [6, 6.07) is 21.6. The van der Waals surface area contributed by atoms with Gasteiger partial charge in [0.15, 0.2) is 0 Å². The summed E-state index contributed by atoms with van der Waals surface area (Å²) in [6.07, 6.45) is 0.695. The molecule has 3 heterocycles. The Labute approximate surface area is 190 Å². The zero-order valence-corrected chi connectivity index (χ0v) is 18.8. The van der Waals surface area contributed by atoms with E-state index in [0.29, 0.717) is 12.2 Å². The molecule has 7 heteroatoms. The van der Waals surface area contributed by atoms with Crippen LogP contribution in [0.2, 0.25) is 0 Å². The largest absolute Gasteiger partial charge is 0.453 e. The molecule has 0 saturated carbocycles. The van der Waals surface area contributed by atoms with Crippen LogP contribution >= 0.6 is 31.9 Å². The number of para-hydroxylation sites is 1. The summed E-state index contributed by atoms with van der Waals surface area (Å²) in [5, 5.41) is 9.79. The summed E-state index contributed by atoms with van der Waals surface area (Å²) < 4.78 is 8.37. The molecular weight excluding hydrogens is 510 g/mol. The van der Waals surface area contributed by atoms with Crippen LogP contribution in [0.3, 0.4) is 0 Å². The van der Waals surface area contributed by atoms with Gasteiger partial charge in [-0.15, -0.1) is 0 Å². The molecule has 2 atom stereocenters. The Hall–Kier alpha value is -2.64. The number of hydrazone groups is 1. The fourth-order valence-electron chi connectivity index (χ4n) is 4.48. The van der Waals surface area contributed by atoms with Gasteiger partial charge in [-0.2, -0.15) is 5.10 Å². The highest BCUT2D eigenvalue weighted by Crippen LogP contribution is 2.54. The molecule has 30 heavy (non-hydrogen) atoms. The standard InChI is InChI=1S/C23H15Br2N3O2/c24-14-7-5-13(6-8-14)19-12-20-16-3-1-2-4-21(16)30-23(28(20)27-19)17-11-15(25)9-10-18(17)26-22(23)29/h1-11,20H,12H2,(H,26,29)/t20-,23-/m0/s1. The van der Waals surface area contributed by atoms with Gasteiger partial charge in [0.25, 0.3) is 5.91 Å². The number of hydrogen-bond donors (Lipinski definition) is 1. The van der Waals surface area contributed by atoms with Crippen molar-refractivity contribution in [3.63, 3.8) is 0 Å². The molecule has 0 aromatic heterocycles. The van der Waals surface area contributed by atoms with E-state index in [4.69, 9.17) is 9.84 Å². The number of hydrogen-bond acceptors (Lipinski definition) is 4. The first kappa shape index (κ1) is 18.2. The van der Waals surface area contributed by atoms with E-state index in [1.165, 1.54) is 0 Å². The lowest BCUT2D eigenvalue weighted by molar-refractivity contribution is -0.161. The van der Waals surface area contributed by atoms with Gasteiger partial charge in [0, 0.05) is 20.9 Å². The zero-order chi connectivity index (χ0) is 20.5. The molecule has 0 saturated heterocycles. The van der Waals surface area contributed by atoms with Crippen molar-refractivity contribution in [2.45, 2.75) is 18.2 Å². The molecule has 3 aliphatic rings. The molecule has 148 valence electrons. The minimum atomic E-state index is -1.34. The summed E-state index contributed by atoms with van der Waals surface area (Å²) in [4.78, 5) is 13.4. The summed E-state index contributed by atoms with van der Waals surface area (Å²) in [5.74, 6) is 0.491. The topological polar surface area (TPSA) is 53.9 Å². The molecule has 1 spiro atoms. The third-order valence-corrected chi connectivity index (χ3v) is 6.87. The zero-order valence-electron chi connectivity index (χ0n) is 15.6. The van der Waals surface area contributed by atoms with E-state index in [1.807, 2.05) is 65.7 Å². The van der Waals surface area contributed by atoms with Gasteiger partial charge in [-0.1, -0.05) is 62.2 Å². The van der Waals surface area contributed by atoms with Crippen molar-refractivity contribution in [3.8, 4) is 5.75 Å². The van der Waals surface area contributed by atoms with Gasteiger partial charge in [-0.05, 0) is 42.0 Å². The predicted molar refractivity (Wildman–Crippen MR) is 121 cm³/mol. The van der Waals surface area contributed by atoms with Crippen LogP contribution in [0.25, 0.3) is 0 Å². The van der Waals surface area contributed by atoms with Gasteiger partial charge < -0.3 is 10.1 Å². The summed E-state index contributed by atoms with van der Waals surface area (Å²) in [7, 11) is 0. The number of halogens is 2. The number of anilines is 1. The fourth-order valence-corrected chi connectivity index (χ4v) is 5.10. The van der Waals surface area contributed by atoms with E-state index in [2.05, 4.69) is 43.2 Å². The molecule has 6 rings (SSSR count). The van der Waals surface area contributed by atoms with Gasteiger partial charge in [-0.25, -0.2) is 5.01 Å². The monoisotopic (exact) mass is 523 g/mol. The highest BCUT2D eigenvalue weighted by atomic mass is 79.9. The van der Waals surface area contributed by atoms with Crippen molar-refractivity contribution in [2.75, 3.05) is 5.32 Å². The molecule has 0 aliphatic carbocycles. The van der Waals surface area contributed by atoms with Crippen molar-refractivity contribution in [3.05, 3.63) is 92.4 Å². The highest BCUT2D eigenvalue weighted by molar-refractivity contribution is 9.10. The maximum absolute atomic E-state index is 13.4. The van der Waals surface area contributed by atoms with Crippen molar-refractivity contribution in [2.24, 2.45) is 5.10 Å². The first-order valence-corrected chi connectivity index (χ1v) is 11.2. The van der Waals surface area contributed by atoms with E-state index in [-0.39, 0.29) is 11.9 Å². The van der Waals surface area contributed by atoms with Gasteiger partial charge in [-0.3, -0.25) is 4.79 Å². The second-order valence-corrected chi connectivity index (χ2v) is 9.38. The molecule has 0 bridgehead atoms. The van der Waals surface area contributed by atoms with E-state index in [9.17, 15) is 4.79 Å². The second-order valence-electron chi connectivity index (χ2n) is 7.55. The Balaban J connectivity index is 1.57. The first-order valence-electron chi connectivity index (χ1n) is 9.58. The number of fused-ring (bicyclic) bond motifs is 6. The Kier molecular flexibility index (Phi) is 3.89. The number of nitrogens with one attached hydrogen (secondary N) is 1. The summed E-state index contributed by atoms with van der Waals surface area (Å²) in [5.41, 5.74) is 3.18. The summed E-state index contributed by atoms with van der Waals surface area (Å²) in [6.45, 7) is 0. The van der Waals surface area contributed by atoms with Crippen LogP contribution in [-0.4, -0.2) is 16.6 Å². The Morgan fingerprint density at radius 2 is 1.80 bits per heavy atom. The van der Waals surface area contributed by atoms with Crippen molar-refractivity contribution < 1.29 is 9.53 Å². The number of amides is 1. The van der Waals surface area contributed by atoms with Crippen LogP contribution in [0.15, 0.2) is 80.8 Å². The Morgan fingerprint density at radius 3 is 2.63 bits per heavy atom. The van der Waals surface area contributed by atoms with Crippen LogP contribution in [-0.2, 0) is 10.5 Å². The lowest BCUT2D eigenvalue weighted by Gasteiger charge is -2.44. The second kappa shape index (κ2) is 6.43. The average molecular weight is 525 g/mol. The molecule has 1 N–H and O–H groups in total. The highest BCUT2D eigenvalue weighted by Gasteiger charge is 2.60. The summed E-state index contributed by atoms with van der Waals surface area (Å²) >= 11 is 7.03. The number of ether oxygens (including phenoxy) is 1. The Morgan fingerprint density at radius 1 is 1.03 bits per heavy atom. The molecule has 0 fully saturated rings. The minimum Gasteiger partial charge on any atom is -0.453 e. The molecule has 0 radical (unpaired) electrons. The lowest BCUT2D eigenvalue weighted by atomic mass is 9.92. The molecule has 1 amide bonds. The van der Waals surface area contributed by atoms with Crippen LogP contribution in [0, 0.1) is 0 Å². The molecule has 5 nitrogen and oxygen atoms in total. The maximum Gasteiger partial charge on any atom is 0.306 e. The van der Waals surface area contributed by atoms with Gasteiger partial charge in [0.05, 0.1) is 23.0 Å². The molecule has 3 aliphatic heterocycles. The quantitative estimate of drug-likeness (QED) is 0.453. The lowest BCUT2D eigenvalue weighted by Crippen LogP contribution is -2.55. The predicted octanol–water partition coefficient (Wildman–Crippen LogP) is 5.56. The third kappa shape index (κ3) is 2.45. The molecule has 0 unspecified atom stereocenters. The molecule has 3 aromatic rings. The molecular formula is C23H15Br2N3O2. The van der Waals surface area contributed by atoms with Crippen LogP contribution in [0.4, 0.5) is 5.69 Å². The minimum absolute atomic E-state index is 0.0933. The SMILES string of the molecule is O=C1Nc2ccc(Br)cc2[C@]12Oc1ccccc1[C@@H]1CC(c3ccc(Br)cc3)=NN12. The average Bonchev–Trinajstić information content (AvgIpc) is 3.30. The number of benzene rings is 3. The number of carbonyl (C=O) groups excluding carboxylic acids is 1. The van der Waals surface area contributed by atoms with E-state index in [1.54, 1.807) is 0 Å². The smallest absolute Gasteiger partial charge is 0.306 e. The van der Waals surface area contributed by atoms with Crippen molar-refractivity contribution >= 4 is 49.2 Å². The third-order valence-electron chi connectivity index (χ3n) is 5.85. The number of nitrogens with zero attached hydrogens (tertiary/aromatic N) is 2. The van der Waals surface area contributed by atoms with Gasteiger partial charge >= 0.3 is 5.72 Å². The van der Waals surface area contributed by atoms with E-state index in [0.717, 1.165) is 37.0 Å². The first-order chi connectivity index (χ1) is 14.6.